The molecule has 0 spiro atoms. The van der Waals surface area contributed by atoms with Crippen molar-refractivity contribution in [3.8, 4) is 0 Å². The maximum Gasteiger partial charge on any atom is -0.0295 e. The molecule has 0 heterocycles. The molecule has 0 nitrogen and oxygen atoms in total. The summed E-state index contributed by atoms with van der Waals surface area (Å²) in [4.78, 5) is 0. The predicted octanol–water partition coefficient (Wildman–Crippen LogP) is 5.03. The Bertz CT molecular complexity index is 200. The Labute approximate surface area is 95.8 Å². The summed E-state index contributed by atoms with van der Waals surface area (Å²) in [6.07, 6.45) is 11.9. The van der Waals surface area contributed by atoms with Crippen LogP contribution in [0.5, 0.6) is 0 Å². The topological polar surface area (TPSA) is 0 Å². The van der Waals surface area contributed by atoms with E-state index in [0.29, 0.717) is 5.41 Å². The molecule has 0 aliphatic heterocycles. The van der Waals surface area contributed by atoms with Crippen LogP contribution in [0.25, 0.3) is 0 Å². The normalized spacial score (nSPS) is 35.0. The second-order valence-electron chi connectivity index (χ2n) is 6.35. The van der Waals surface area contributed by atoms with E-state index in [2.05, 4.69) is 20.8 Å². The lowest BCUT2D eigenvalue weighted by atomic mass is 9.53. The van der Waals surface area contributed by atoms with Gasteiger partial charge in [-0.3, -0.25) is 0 Å². The van der Waals surface area contributed by atoms with E-state index < -0.39 is 0 Å². The molecule has 88 valence electrons. The maximum atomic E-state index is 2.58. The smallest absolute Gasteiger partial charge is 0.0295 e. The van der Waals surface area contributed by atoms with Gasteiger partial charge in [-0.05, 0) is 48.9 Å². The van der Waals surface area contributed by atoms with Crippen LogP contribution in [0.3, 0.4) is 0 Å². The van der Waals surface area contributed by atoms with E-state index in [4.69, 9.17) is 0 Å². The Morgan fingerprint density at radius 2 is 1.73 bits per heavy atom. The number of rotatable bonds is 5. The summed E-state index contributed by atoms with van der Waals surface area (Å²) in [7, 11) is 0. The van der Waals surface area contributed by atoms with Gasteiger partial charge in [0, 0.05) is 0 Å². The van der Waals surface area contributed by atoms with E-state index in [0.717, 1.165) is 17.8 Å². The van der Waals surface area contributed by atoms with Gasteiger partial charge in [0.1, 0.15) is 0 Å². The molecule has 3 atom stereocenters. The average molecular weight is 208 g/mol. The monoisotopic (exact) mass is 208 g/mol. The zero-order valence-corrected chi connectivity index (χ0v) is 10.9. The van der Waals surface area contributed by atoms with E-state index >= 15 is 0 Å². The van der Waals surface area contributed by atoms with Gasteiger partial charge in [-0.1, -0.05) is 46.5 Å². The van der Waals surface area contributed by atoms with Crippen molar-refractivity contribution in [3.63, 3.8) is 0 Å². The van der Waals surface area contributed by atoms with E-state index in [-0.39, 0.29) is 0 Å². The van der Waals surface area contributed by atoms with Gasteiger partial charge < -0.3 is 0 Å². The first-order valence-corrected chi connectivity index (χ1v) is 7.21. The third kappa shape index (κ3) is 1.97. The zero-order valence-electron chi connectivity index (χ0n) is 10.9. The molecule has 15 heavy (non-hydrogen) atoms. The van der Waals surface area contributed by atoms with Crippen molar-refractivity contribution in [2.45, 2.75) is 72.1 Å². The van der Waals surface area contributed by atoms with Crippen LogP contribution < -0.4 is 0 Å². The minimum absolute atomic E-state index is 0.689. The van der Waals surface area contributed by atoms with Crippen LogP contribution in [0, 0.1) is 23.2 Å². The van der Waals surface area contributed by atoms with Crippen molar-refractivity contribution in [3.05, 3.63) is 0 Å². The van der Waals surface area contributed by atoms with Crippen LogP contribution >= 0.6 is 0 Å². The summed E-state index contributed by atoms with van der Waals surface area (Å²) in [5.74, 6) is 3.36. The molecule has 0 aromatic heterocycles. The molecule has 0 radical (unpaired) electrons. The van der Waals surface area contributed by atoms with Crippen LogP contribution in [0.1, 0.15) is 72.1 Å². The van der Waals surface area contributed by atoms with E-state index in [1.807, 2.05) is 0 Å². The van der Waals surface area contributed by atoms with Gasteiger partial charge in [-0.2, -0.15) is 0 Å². The Hall–Kier alpha value is 0. The van der Waals surface area contributed by atoms with Gasteiger partial charge in [0.15, 0.2) is 0 Å². The molecule has 2 fully saturated rings. The van der Waals surface area contributed by atoms with E-state index in [1.165, 1.54) is 32.1 Å². The second kappa shape index (κ2) is 4.47. The highest BCUT2D eigenvalue weighted by atomic mass is 14.6. The summed E-state index contributed by atoms with van der Waals surface area (Å²) in [6.45, 7) is 7.30. The van der Waals surface area contributed by atoms with Crippen molar-refractivity contribution in [2.24, 2.45) is 23.2 Å². The molecule has 0 N–H and O–H groups in total. The van der Waals surface area contributed by atoms with Crippen molar-refractivity contribution >= 4 is 0 Å². The summed E-state index contributed by atoms with van der Waals surface area (Å²) in [6, 6.07) is 0. The Balaban J connectivity index is 1.99. The predicted molar refractivity (Wildman–Crippen MR) is 66.9 cm³/mol. The molecule has 0 saturated heterocycles. The first-order valence-electron chi connectivity index (χ1n) is 7.21. The van der Waals surface area contributed by atoms with Gasteiger partial charge in [0.2, 0.25) is 0 Å². The Morgan fingerprint density at radius 1 is 1.07 bits per heavy atom. The van der Waals surface area contributed by atoms with Gasteiger partial charge in [0.25, 0.3) is 0 Å². The van der Waals surface area contributed by atoms with Crippen LogP contribution in [0.15, 0.2) is 0 Å². The van der Waals surface area contributed by atoms with Gasteiger partial charge in [0.05, 0.1) is 0 Å². The van der Waals surface area contributed by atoms with Crippen molar-refractivity contribution in [1.82, 2.24) is 0 Å². The third-order valence-electron chi connectivity index (χ3n) is 5.33. The van der Waals surface area contributed by atoms with E-state index in [1.54, 1.807) is 19.3 Å². The quantitative estimate of drug-likeness (QED) is 0.594. The molecule has 3 unspecified atom stereocenters. The zero-order chi connectivity index (χ0) is 10.9. The summed E-state index contributed by atoms with van der Waals surface area (Å²) in [5, 5.41) is 0. The minimum Gasteiger partial charge on any atom is -0.0654 e. The fourth-order valence-corrected chi connectivity index (χ4v) is 4.63. The summed E-state index contributed by atoms with van der Waals surface area (Å²) >= 11 is 0. The molecule has 0 aromatic rings. The lowest BCUT2D eigenvalue weighted by Crippen LogP contribution is -2.43. The van der Waals surface area contributed by atoms with Crippen LogP contribution in [-0.4, -0.2) is 0 Å². The molecule has 2 aliphatic rings. The largest absolute Gasteiger partial charge is 0.0654 e. The van der Waals surface area contributed by atoms with Crippen LogP contribution in [-0.2, 0) is 0 Å². The fraction of sp³-hybridized carbons (Fsp3) is 1.00. The average Bonchev–Trinajstić information content (AvgIpc) is 2.48. The first kappa shape index (κ1) is 11.5. The molecule has 0 bridgehead atoms. The van der Waals surface area contributed by atoms with Gasteiger partial charge in [-0.25, -0.2) is 0 Å². The number of hydrogen-bond acceptors (Lipinski definition) is 0. The molecule has 2 aliphatic carbocycles. The molecule has 0 heteroatoms. The molecular weight excluding hydrogens is 180 g/mol. The molecule has 2 rings (SSSR count). The van der Waals surface area contributed by atoms with Crippen molar-refractivity contribution in [2.75, 3.05) is 0 Å². The molecule has 0 amide bonds. The second-order valence-corrected chi connectivity index (χ2v) is 6.35. The highest BCUT2D eigenvalue weighted by Gasteiger charge is 2.50. The van der Waals surface area contributed by atoms with Crippen molar-refractivity contribution < 1.29 is 0 Å². The molecule has 2 saturated carbocycles. The first-order chi connectivity index (χ1) is 7.21. The number of fused-ring (bicyclic) bond motifs is 1. The summed E-state index contributed by atoms with van der Waals surface area (Å²) < 4.78 is 0. The van der Waals surface area contributed by atoms with Crippen molar-refractivity contribution in [1.29, 1.82) is 0 Å². The highest BCUT2D eigenvalue weighted by Crippen LogP contribution is 2.59. The molecule has 0 aromatic carbocycles. The maximum absolute atomic E-state index is 2.58. The van der Waals surface area contributed by atoms with Gasteiger partial charge in [-0.15, -0.1) is 0 Å². The minimum atomic E-state index is 0.689. The van der Waals surface area contributed by atoms with Crippen LogP contribution in [0.4, 0.5) is 0 Å². The van der Waals surface area contributed by atoms with E-state index in [9.17, 15) is 0 Å². The Morgan fingerprint density at radius 3 is 2.27 bits per heavy atom. The highest BCUT2D eigenvalue weighted by molar-refractivity contribution is 5.00. The van der Waals surface area contributed by atoms with Crippen LogP contribution in [0.2, 0.25) is 0 Å². The van der Waals surface area contributed by atoms with Gasteiger partial charge >= 0.3 is 0 Å². The lowest BCUT2D eigenvalue weighted by Gasteiger charge is -2.52. The standard InChI is InChI=1S/C15H28/c1-4-9-15(3,10-5-2)14-11-12-7-6-8-13(12)14/h12-14H,4-11H2,1-3H3. The fourth-order valence-electron chi connectivity index (χ4n) is 4.63. The molecular formula is C15H28. The number of hydrogen-bond donors (Lipinski definition) is 0. The Kier molecular flexibility index (Phi) is 3.42. The summed E-state index contributed by atoms with van der Waals surface area (Å²) in [5.41, 5.74) is 0.689. The third-order valence-corrected chi connectivity index (χ3v) is 5.33. The SMILES string of the molecule is CCCC(C)(CCC)C1CC2CCCC21. The lowest BCUT2D eigenvalue weighted by molar-refractivity contribution is -0.0225.